The van der Waals surface area contributed by atoms with Gasteiger partial charge < -0.3 is 10.6 Å². The van der Waals surface area contributed by atoms with Crippen molar-refractivity contribution in [3.63, 3.8) is 0 Å². The van der Waals surface area contributed by atoms with Gasteiger partial charge in [-0.25, -0.2) is 4.98 Å². The monoisotopic (exact) mass is 339 g/mol. The van der Waals surface area contributed by atoms with Crippen molar-refractivity contribution in [2.45, 2.75) is 39.0 Å². The quantitative estimate of drug-likeness (QED) is 0.881. The van der Waals surface area contributed by atoms with E-state index >= 15 is 0 Å². The Bertz CT molecular complexity index is 484. The van der Waals surface area contributed by atoms with Crippen molar-refractivity contribution in [3.05, 3.63) is 22.3 Å². The fourth-order valence-electron chi connectivity index (χ4n) is 2.78. The Morgan fingerprint density at radius 1 is 1.40 bits per heavy atom. The summed E-state index contributed by atoms with van der Waals surface area (Å²) in [4.78, 5) is 16.6. The van der Waals surface area contributed by atoms with Crippen LogP contribution < -0.4 is 10.6 Å². The number of carbonyl (C=O) groups excluding carboxylic acids is 1. The second-order valence-corrected chi connectivity index (χ2v) is 6.77. The van der Waals surface area contributed by atoms with Crippen LogP contribution >= 0.6 is 15.9 Å². The molecule has 0 atom stereocenters. The Morgan fingerprint density at radius 2 is 2.10 bits per heavy atom. The minimum atomic E-state index is -0.0602. The molecule has 1 aliphatic rings. The van der Waals surface area contributed by atoms with Gasteiger partial charge in [0.25, 0.3) is 5.91 Å². The molecule has 5 heteroatoms. The average molecular weight is 340 g/mol. The minimum Gasteiger partial charge on any atom is -0.372 e. The SMILES string of the molecule is CNc1ncc(Br)cc1C(=O)NCC1(C)CCCCC1. The van der Waals surface area contributed by atoms with Crippen molar-refractivity contribution in [1.82, 2.24) is 10.3 Å². The van der Waals surface area contributed by atoms with E-state index in [9.17, 15) is 4.79 Å². The normalized spacial score (nSPS) is 17.6. The van der Waals surface area contributed by atoms with Gasteiger partial charge in [0.2, 0.25) is 0 Å². The molecule has 2 N–H and O–H groups in total. The fourth-order valence-corrected chi connectivity index (χ4v) is 3.11. The van der Waals surface area contributed by atoms with Crippen molar-refractivity contribution in [1.29, 1.82) is 0 Å². The van der Waals surface area contributed by atoms with E-state index in [4.69, 9.17) is 0 Å². The second kappa shape index (κ2) is 6.57. The minimum absolute atomic E-state index is 0.0602. The van der Waals surface area contributed by atoms with Gasteiger partial charge in [-0.2, -0.15) is 0 Å². The van der Waals surface area contributed by atoms with Crippen molar-refractivity contribution in [2.75, 3.05) is 18.9 Å². The molecule has 0 spiro atoms. The third kappa shape index (κ3) is 3.72. The number of pyridine rings is 1. The first-order valence-electron chi connectivity index (χ1n) is 7.16. The highest BCUT2D eigenvalue weighted by Gasteiger charge is 2.27. The molecule has 0 saturated heterocycles. The number of carbonyl (C=O) groups is 1. The molecule has 4 nitrogen and oxygen atoms in total. The van der Waals surface area contributed by atoms with Crippen molar-refractivity contribution >= 4 is 27.7 Å². The molecule has 1 aromatic rings. The van der Waals surface area contributed by atoms with E-state index in [1.807, 2.05) is 0 Å². The zero-order valence-electron chi connectivity index (χ0n) is 12.1. The summed E-state index contributed by atoms with van der Waals surface area (Å²) in [6.45, 7) is 3.01. The van der Waals surface area contributed by atoms with Gasteiger partial charge >= 0.3 is 0 Å². The van der Waals surface area contributed by atoms with Gasteiger partial charge in [-0.05, 0) is 40.3 Å². The molecule has 0 aliphatic heterocycles. The summed E-state index contributed by atoms with van der Waals surface area (Å²) in [7, 11) is 1.77. The number of aromatic nitrogens is 1. The van der Waals surface area contributed by atoms with Crippen LogP contribution in [-0.4, -0.2) is 24.5 Å². The lowest BCUT2D eigenvalue weighted by Crippen LogP contribution is -2.37. The Hall–Kier alpha value is -1.10. The van der Waals surface area contributed by atoms with Crippen molar-refractivity contribution in [3.8, 4) is 0 Å². The standard InChI is InChI=1S/C15H22BrN3O/c1-15(6-4-3-5-7-15)10-19-14(20)12-8-11(16)9-18-13(12)17-2/h8-9H,3-7,10H2,1-2H3,(H,17,18)(H,19,20). The topological polar surface area (TPSA) is 54.0 Å². The number of anilines is 1. The summed E-state index contributed by atoms with van der Waals surface area (Å²) in [5, 5.41) is 6.03. The van der Waals surface area contributed by atoms with E-state index in [2.05, 4.69) is 38.5 Å². The molecule has 0 aromatic carbocycles. The molecule has 20 heavy (non-hydrogen) atoms. The van der Waals surface area contributed by atoms with E-state index in [0.29, 0.717) is 11.4 Å². The molecule has 1 aliphatic carbocycles. The first-order valence-corrected chi connectivity index (χ1v) is 7.95. The number of halogens is 1. The van der Waals surface area contributed by atoms with Crippen LogP contribution in [0, 0.1) is 5.41 Å². The van der Waals surface area contributed by atoms with Crippen molar-refractivity contribution in [2.24, 2.45) is 5.41 Å². The van der Waals surface area contributed by atoms with Crippen LogP contribution in [0.1, 0.15) is 49.4 Å². The lowest BCUT2D eigenvalue weighted by molar-refractivity contribution is 0.0919. The highest BCUT2D eigenvalue weighted by molar-refractivity contribution is 9.10. The summed E-state index contributed by atoms with van der Waals surface area (Å²) in [6.07, 6.45) is 7.94. The molecule has 0 radical (unpaired) electrons. The summed E-state index contributed by atoms with van der Waals surface area (Å²) in [5.74, 6) is 0.550. The van der Waals surface area contributed by atoms with Gasteiger partial charge in [0.05, 0.1) is 5.56 Å². The summed E-state index contributed by atoms with van der Waals surface area (Å²) >= 11 is 3.36. The van der Waals surface area contributed by atoms with Crippen LogP contribution in [0.5, 0.6) is 0 Å². The van der Waals surface area contributed by atoms with Crippen LogP contribution in [0.4, 0.5) is 5.82 Å². The molecule has 0 bridgehead atoms. The maximum Gasteiger partial charge on any atom is 0.255 e. The molecule has 1 saturated carbocycles. The molecule has 1 aromatic heterocycles. The summed E-state index contributed by atoms with van der Waals surface area (Å²) < 4.78 is 0.811. The second-order valence-electron chi connectivity index (χ2n) is 5.85. The largest absolute Gasteiger partial charge is 0.372 e. The third-order valence-corrected chi connectivity index (χ3v) is 4.51. The van der Waals surface area contributed by atoms with Crippen LogP contribution in [0.15, 0.2) is 16.7 Å². The maximum absolute atomic E-state index is 12.3. The Balaban J connectivity index is 2.03. The van der Waals surface area contributed by atoms with Crippen LogP contribution in [0.25, 0.3) is 0 Å². The van der Waals surface area contributed by atoms with E-state index in [1.54, 1.807) is 19.3 Å². The predicted molar refractivity (Wildman–Crippen MR) is 85.0 cm³/mol. The lowest BCUT2D eigenvalue weighted by Gasteiger charge is -2.33. The Kier molecular flexibility index (Phi) is 5.02. The molecular formula is C15H22BrN3O. The third-order valence-electron chi connectivity index (χ3n) is 4.07. The van der Waals surface area contributed by atoms with Crippen LogP contribution in [0.2, 0.25) is 0 Å². The molecule has 0 unspecified atom stereocenters. The number of hydrogen-bond donors (Lipinski definition) is 2. The van der Waals surface area contributed by atoms with E-state index in [1.165, 1.54) is 32.1 Å². The van der Waals surface area contributed by atoms with Gasteiger partial charge in [-0.3, -0.25) is 4.79 Å². The van der Waals surface area contributed by atoms with Crippen LogP contribution in [0.3, 0.4) is 0 Å². The van der Waals surface area contributed by atoms with Gasteiger partial charge in [0.15, 0.2) is 0 Å². The number of nitrogens with one attached hydrogen (secondary N) is 2. The van der Waals surface area contributed by atoms with E-state index in [0.717, 1.165) is 11.0 Å². The zero-order chi connectivity index (χ0) is 14.6. The average Bonchev–Trinajstić information content (AvgIpc) is 2.45. The maximum atomic E-state index is 12.3. The number of hydrogen-bond acceptors (Lipinski definition) is 3. The smallest absolute Gasteiger partial charge is 0.255 e. The fraction of sp³-hybridized carbons (Fsp3) is 0.600. The number of nitrogens with zero attached hydrogens (tertiary/aromatic N) is 1. The molecule has 110 valence electrons. The van der Waals surface area contributed by atoms with Gasteiger partial charge in [-0.1, -0.05) is 26.2 Å². The van der Waals surface area contributed by atoms with Crippen molar-refractivity contribution < 1.29 is 4.79 Å². The zero-order valence-corrected chi connectivity index (χ0v) is 13.7. The summed E-state index contributed by atoms with van der Waals surface area (Å²) in [5.41, 5.74) is 0.828. The molecule has 1 amide bonds. The highest BCUT2D eigenvalue weighted by Crippen LogP contribution is 2.35. The van der Waals surface area contributed by atoms with Crippen LogP contribution in [-0.2, 0) is 0 Å². The first-order chi connectivity index (χ1) is 9.54. The van der Waals surface area contributed by atoms with Gasteiger partial charge in [0, 0.05) is 24.3 Å². The number of amides is 1. The van der Waals surface area contributed by atoms with E-state index < -0.39 is 0 Å². The summed E-state index contributed by atoms with van der Waals surface area (Å²) in [6, 6.07) is 1.80. The molecule has 1 heterocycles. The molecule has 2 rings (SSSR count). The van der Waals surface area contributed by atoms with Gasteiger partial charge in [-0.15, -0.1) is 0 Å². The predicted octanol–water partition coefficient (Wildman–Crippen LogP) is 3.59. The van der Waals surface area contributed by atoms with Gasteiger partial charge in [0.1, 0.15) is 5.82 Å². The molecule has 1 fully saturated rings. The number of rotatable bonds is 4. The lowest BCUT2D eigenvalue weighted by atomic mass is 9.76. The Morgan fingerprint density at radius 3 is 2.75 bits per heavy atom. The highest BCUT2D eigenvalue weighted by atomic mass is 79.9. The first kappa shape index (κ1) is 15.3. The molecular weight excluding hydrogens is 318 g/mol. The van der Waals surface area contributed by atoms with E-state index in [-0.39, 0.29) is 11.3 Å². The Labute approximate surface area is 128 Å².